The largest absolute Gasteiger partial charge is 0.350 e. The van der Waals surface area contributed by atoms with Crippen molar-refractivity contribution in [2.75, 3.05) is 29.4 Å². The number of hydrogen-bond donors (Lipinski definition) is 0. The summed E-state index contributed by atoms with van der Waals surface area (Å²) in [6.07, 6.45) is 9.84. The first-order chi connectivity index (χ1) is 12.3. The molecule has 2 saturated heterocycles. The zero-order chi connectivity index (χ0) is 16.8. The van der Waals surface area contributed by atoms with Crippen LogP contribution in [0.25, 0.3) is 5.52 Å². The highest BCUT2D eigenvalue weighted by atomic mass is 15.3. The van der Waals surface area contributed by atoms with E-state index in [1.54, 1.807) is 0 Å². The van der Waals surface area contributed by atoms with Crippen molar-refractivity contribution in [1.29, 1.82) is 0 Å². The summed E-state index contributed by atoms with van der Waals surface area (Å²) >= 11 is 0. The molecule has 0 radical (unpaired) electrons. The molecule has 0 N–H and O–H groups in total. The Morgan fingerprint density at radius 2 is 1.96 bits per heavy atom. The van der Waals surface area contributed by atoms with Crippen molar-refractivity contribution < 1.29 is 0 Å². The van der Waals surface area contributed by atoms with Crippen LogP contribution in [0.5, 0.6) is 0 Å². The van der Waals surface area contributed by atoms with Crippen molar-refractivity contribution in [3.63, 3.8) is 0 Å². The number of piperidine rings is 1. The minimum absolute atomic E-state index is 0.450. The molecule has 2 unspecified atom stereocenters. The summed E-state index contributed by atoms with van der Waals surface area (Å²) in [5, 5.41) is 4.35. The van der Waals surface area contributed by atoms with Gasteiger partial charge in [0.05, 0.1) is 12.2 Å². The molecular formula is C18H21N7. The van der Waals surface area contributed by atoms with Gasteiger partial charge in [0.1, 0.15) is 5.52 Å². The fourth-order valence-electron chi connectivity index (χ4n) is 4.24. The Morgan fingerprint density at radius 1 is 1.04 bits per heavy atom. The third kappa shape index (κ3) is 2.42. The van der Waals surface area contributed by atoms with Gasteiger partial charge in [-0.2, -0.15) is 5.10 Å². The third-order valence-corrected chi connectivity index (χ3v) is 5.50. The van der Waals surface area contributed by atoms with Gasteiger partial charge in [-0.15, -0.1) is 0 Å². The molecule has 5 heterocycles. The lowest BCUT2D eigenvalue weighted by molar-refractivity contribution is 0.387. The molecule has 0 spiro atoms. The van der Waals surface area contributed by atoms with Crippen LogP contribution in [0.15, 0.2) is 36.9 Å². The molecule has 0 aromatic carbocycles. The number of aryl methyl sites for hydroxylation is 1. The van der Waals surface area contributed by atoms with Crippen LogP contribution < -0.4 is 9.80 Å². The van der Waals surface area contributed by atoms with Crippen LogP contribution in [0.4, 0.5) is 11.8 Å². The van der Waals surface area contributed by atoms with Crippen molar-refractivity contribution in [2.24, 2.45) is 5.92 Å². The molecule has 2 aliphatic rings. The summed E-state index contributed by atoms with van der Waals surface area (Å²) in [4.78, 5) is 18.6. The maximum Gasteiger partial charge on any atom is 0.225 e. The third-order valence-electron chi connectivity index (χ3n) is 5.50. The van der Waals surface area contributed by atoms with Gasteiger partial charge in [-0.05, 0) is 37.8 Å². The second-order valence-electron chi connectivity index (χ2n) is 6.95. The molecule has 7 nitrogen and oxygen atoms in total. The monoisotopic (exact) mass is 335 g/mol. The molecule has 0 aliphatic carbocycles. The summed E-state index contributed by atoms with van der Waals surface area (Å²) in [7, 11) is 0. The van der Waals surface area contributed by atoms with E-state index >= 15 is 0 Å². The van der Waals surface area contributed by atoms with Crippen molar-refractivity contribution in [3.8, 4) is 0 Å². The predicted molar refractivity (Wildman–Crippen MR) is 95.8 cm³/mol. The average Bonchev–Trinajstić information content (AvgIpc) is 3.27. The summed E-state index contributed by atoms with van der Waals surface area (Å²) < 4.78 is 1.90. The van der Waals surface area contributed by atoms with E-state index in [9.17, 15) is 0 Å². The van der Waals surface area contributed by atoms with Crippen LogP contribution in [0.3, 0.4) is 0 Å². The molecule has 0 amide bonds. The fraction of sp³-hybridized carbons (Fsp3) is 0.444. The van der Waals surface area contributed by atoms with Crippen LogP contribution in [-0.2, 0) is 0 Å². The molecule has 2 aliphatic heterocycles. The van der Waals surface area contributed by atoms with Crippen molar-refractivity contribution in [1.82, 2.24) is 24.6 Å². The Kier molecular flexibility index (Phi) is 3.33. The van der Waals surface area contributed by atoms with Crippen molar-refractivity contribution in [2.45, 2.75) is 25.8 Å². The van der Waals surface area contributed by atoms with Crippen LogP contribution >= 0.6 is 0 Å². The molecule has 128 valence electrons. The van der Waals surface area contributed by atoms with Gasteiger partial charge < -0.3 is 9.80 Å². The van der Waals surface area contributed by atoms with Gasteiger partial charge in [0.15, 0.2) is 5.82 Å². The summed E-state index contributed by atoms with van der Waals surface area (Å²) in [6, 6.07) is 4.44. The van der Waals surface area contributed by atoms with Crippen LogP contribution in [0.1, 0.15) is 18.5 Å². The van der Waals surface area contributed by atoms with Gasteiger partial charge >= 0.3 is 0 Å². The first kappa shape index (κ1) is 14.6. The van der Waals surface area contributed by atoms with E-state index in [4.69, 9.17) is 0 Å². The van der Waals surface area contributed by atoms with E-state index in [0.29, 0.717) is 12.0 Å². The summed E-state index contributed by atoms with van der Waals surface area (Å²) in [5.74, 6) is 2.60. The molecule has 25 heavy (non-hydrogen) atoms. The number of rotatable bonds is 2. The molecule has 7 heteroatoms. The first-order valence-electron chi connectivity index (χ1n) is 8.89. The summed E-state index contributed by atoms with van der Waals surface area (Å²) in [6.45, 7) is 5.05. The highest BCUT2D eigenvalue weighted by molar-refractivity contribution is 5.69. The second kappa shape index (κ2) is 5.68. The van der Waals surface area contributed by atoms with E-state index in [2.05, 4.69) is 29.9 Å². The highest BCUT2D eigenvalue weighted by Gasteiger charge is 2.40. The Labute approximate surface area is 146 Å². The lowest BCUT2D eigenvalue weighted by atomic mass is 9.92. The molecule has 0 bridgehead atoms. The molecule has 2 atom stereocenters. The normalized spacial score (nSPS) is 23.2. The van der Waals surface area contributed by atoms with Gasteiger partial charge in [-0.25, -0.2) is 19.5 Å². The molecular weight excluding hydrogens is 314 g/mol. The van der Waals surface area contributed by atoms with Crippen molar-refractivity contribution >= 4 is 17.3 Å². The van der Waals surface area contributed by atoms with E-state index in [-0.39, 0.29) is 0 Å². The first-order valence-corrected chi connectivity index (χ1v) is 8.89. The minimum Gasteiger partial charge on any atom is -0.350 e. The molecule has 2 fully saturated rings. The fourth-order valence-corrected chi connectivity index (χ4v) is 4.24. The van der Waals surface area contributed by atoms with E-state index in [1.807, 2.05) is 48.4 Å². The summed E-state index contributed by atoms with van der Waals surface area (Å²) in [5.41, 5.74) is 2.09. The number of fused-ring (bicyclic) bond motifs is 2. The van der Waals surface area contributed by atoms with Crippen LogP contribution in [0, 0.1) is 12.8 Å². The highest BCUT2D eigenvalue weighted by Crippen LogP contribution is 2.36. The zero-order valence-electron chi connectivity index (χ0n) is 14.3. The van der Waals surface area contributed by atoms with Gasteiger partial charge in [0.2, 0.25) is 5.95 Å². The Morgan fingerprint density at radius 3 is 2.88 bits per heavy atom. The van der Waals surface area contributed by atoms with E-state index < -0.39 is 0 Å². The smallest absolute Gasteiger partial charge is 0.225 e. The Hall–Kier alpha value is -2.70. The maximum absolute atomic E-state index is 4.68. The lowest BCUT2D eigenvalue weighted by Gasteiger charge is -2.39. The van der Waals surface area contributed by atoms with Gasteiger partial charge in [-0.1, -0.05) is 0 Å². The number of anilines is 2. The molecule has 3 aromatic heterocycles. The quantitative estimate of drug-likeness (QED) is 0.713. The van der Waals surface area contributed by atoms with E-state index in [0.717, 1.165) is 42.6 Å². The van der Waals surface area contributed by atoms with Gasteiger partial charge in [0.25, 0.3) is 0 Å². The molecule has 0 saturated carbocycles. The average molecular weight is 335 g/mol. The standard InChI is InChI=1S/C18H21N7/c1-13-2-6-20-18(22-13)23-9-4-14-5-10-24(16(14)12-23)17-15-3-7-21-25(15)11-8-19-17/h2-3,6-8,11,14,16H,4-5,9-10,12H2,1H3. The molecule has 3 aromatic rings. The molecule has 5 rings (SSSR count). The van der Waals surface area contributed by atoms with Crippen LogP contribution in [-0.4, -0.2) is 50.2 Å². The number of aromatic nitrogens is 5. The maximum atomic E-state index is 4.68. The Balaban J connectivity index is 1.47. The minimum atomic E-state index is 0.450. The number of hydrogen-bond acceptors (Lipinski definition) is 6. The van der Waals surface area contributed by atoms with Crippen LogP contribution in [0.2, 0.25) is 0 Å². The zero-order valence-corrected chi connectivity index (χ0v) is 14.3. The topological polar surface area (TPSA) is 62.5 Å². The Bertz CT molecular complexity index is 905. The number of nitrogens with zero attached hydrogens (tertiary/aromatic N) is 7. The van der Waals surface area contributed by atoms with Gasteiger partial charge in [-0.3, -0.25) is 0 Å². The predicted octanol–water partition coefficient (Wildman–Crippen LogP) is 1.93. The SMILES string of the molecule is Cc1ccnc(N2CCC3CCN(c4nccn5nccc45)C3C2)n1. The lowest BCUT2D eigenvalue weighted by Crippen LogP contribution is -2.49. The van der Waals surface area contributed by atoms with E-state index in [1.165, 1.54) is 12.8 Å². The second-order valence-corrected chi connectivity index (χ2v) is 6.95. The van der Waals surface area contributed by atoms with Gasteiger partial charge in [0, 0.05) is 43.9 Å². The van der Waals surface area contributed by atoms with Crippen molar-refractivity contribution in [3.05, 3.63) is 42.6 Å².